The maximum Gasteiger partial charge on any atom is 0.246 e. The van der Waals surface area contributed by atoms with E-state index in [9.17, 15) is 4.79 Å². The minimum absolute atomic E-state index is 0.0718. The second kappa shape index (κ2) is 6.26. The first-order chi connectivity index (χ1) is 9.38. The van der Waals surface area contributed by atoms with Crippen LogP contribution in [0.25, 0.3) is 0 Å². The van der Waals surface area contributed by atoms with Crippen LogP contribution in [0, 0.1) is 24.3 Å². The summed E-state index contributed by atoms with van der Waals surface area (Å²) in [4.78, 5) is 12.1. The number of carbonyl (C=O) groups excluding carboxylic acids is 1. The SMILES string of the molecule is Cc1cc(Br)ccc1NC(=O)Cn1nc(C)c(I)c1C. The average molecular weight is 448 g/mol. The predicted molar refractivity (Wildman–Crippen MR) is 91.9 cm³/mol. The maximum absolute atomic E-state index is 12.1. The molecule has 1 amide bonds. The van der Waals surface area contributed by atoms with Crippen LogP contribution in [0.5, 0.6) is 0 Å². The van der Waals surface area contributed by atoms with Gasteiger partial charge in [-0.1, -0.05) is 15.9 Å². The monoisotopic (exact) mass is 447 g/mol. The fourth-order valence-corrected chi connectivity index (χ4v) is 2.78. The summed E-state index contributed by atoms with van der Waals surface area (Å²) in [5.74, 6) is -0.0718. The van der Waals surface area contributed by atoms with E-state index in [0.717, 1.165) is 30.7 Å². The summed E-state index contributed by atoms with van der Waals surface area (Å²) in [6, 6.07) is 5.78. The third-order valence-corrected chi connectivity index (χ3v) is 5.10. The fourth-order valence-electron chi connectivity index (χ4n) is 1.92. The van der Waals surface area contributed by atoms with Crippen LogP contribution in [0.1, 0.15) is 17.0 Å². The first-order valence-corrected chi connectivity index (χ1v) is 8.01. The summed E-state index contributed by atoms with van der Waals surface area (Å²) in [5.41, 5.74) is 3.83. The molecule has 0 unspecified atom stereocenters. The summed E-state index contributed by atoms with van der Waals surface area (Å²) in [6.07, 6.45) is 0. The molecule has 0 radical (unpaired) electrons. The minimum atomic E-state index is -0.0718. The Morgan fingerprint density at radius 1 is 1.40 bits per heavy atom. The van der Waals surface area contributed by atoms with E-state index >= 15 is 0 Å². The lowest BCUT2D eigenvalue weighted by Crippen LogP contribution is -2.20. The highest BCUT2D eigenvalue weighted by molar-refractivity contribution is 14.1. The number of halogens is 2. The largest absolute Gasteiger partial charge is 0.324 e. The van der Waals surface area contributed by atoms with Gasteiger partial charge in [0.25, 0.3) is 0 Å². The Balaban J connectivity index is 2.11. The molecule has 0 aliphatic carbocycles. The molecule has 0 aliphatic rings. The molecule has 0 atom stereocenters. The molecule has 0 saturated carbocycles. The van der Waals surface area contributed by atoms with Crippen molar-refractivity contribution < 1.29 is 4.79 Å². The van der Waals surface area contributed by atoms with Crippen molar-refractivity contribution in [2.24, 2.45) is 0 Å². The number of nitrogens with one attached hydrogen (secondary N) is 1. The van der Waals surface area contributed by atoms with Gasteiger partial charge in [0, 0.05) is 15.9 Å². The lowest BCUT2D eigenvalue weighted by molar-refractivity contribution is -0.116. The smallest absolute Gasteiger partial charge is 0.246 e. The van der Waals surface area contributed by atoms with Gasteiger partial charge < -0.3 is 5.32 Å². The number of aryl methyl sites for hydroxylation is 2. The van der Waals surface area contributed by atoms with Gasteiger partial charge in [-0.15, -0.1) is 0 Å². The van der Waals surface area contributed by atoms with Crippen LogP contribution in [0.15, 0.2) is 22.7 Å². The van der Waals surface area contributed by atoms with Gasteiger partial charge in [-0.3, -0.25) is 9.48 Å². The minimum Gasteiger partial charge on any atom is -0.324 e. The van der Waals surface area contributed by atoms with E-state index in [4.69, 9.17) is 0 Å². The Labute approximate surface area is 140 Å². The van der Waals surface area contributed by atoms with E-state index in [0.29, 0.717) is 0 Å². The van der Waals surface area contributed by atoms with Gasteiger partial charge in [0.15, 0.2) is 0 Å². The molecule has 0 bridgehead atoms. The van der Waals surface area contributed by atoms with Crippen LogP contribution in [0.4, 0.5) is 5.69 Å². The van der Waals surface area contributed by atoms with Crippen molar-refractivity contribution in [1.29, 1.82) is 0 Å². The first-order valence-electron chi connectivity index (χ1n) is 6.14. The number of nitrogens with zero attached hydrogens (tertiary/aromatic N) is 2. The number of benzene rings is 1. The molecule has 0 aliphatic heterocycles. The zero-order valence-corrected chi connectivity index (χ0v) is 15.2. The molecule has 4 nitrogen and oxygen atoms in total. The maximum atomic E-state index is 12.1. The molecule has 0 spiro atoms. The van der Waals surface area contributed by atoms with Gasteiger partial charge in [0.1, 0.15) is 6.54 Å². The van der Waals surface area contributed by atoms with Crippen LogP contribution in [-0.4, -0.2) is 15.7 Å². The Bertz CT molecular complexity index is 667. The third-order valence-electron chi connectivity index (χ3n) is 3.05. The second-order valence-electron chi connectivity index (χ2n) is 4.65. The van der Waals surface area contributed by atoms with Gasteiger partial charge in [-0.2, -0.15) is 5.10 Å². The van der Waals surface area contributed by atoms with E-state index in [-0.39, 0.29) is 12.5 Å². The van der Waals surface area contributed by atoms with Crippen LogP contribution in [0.3, 0.4) is 0 Å². The summed E-state index contributed by atoms with van der Waals surface area (Å²) in [6.45, 7) is 6.11. The zero-order chi connectivity index (χ0) is 14.9. The number of carbonyl (C=O) groups is 1. The van der Waals surface area contributed by atoms with Crippen LogP contribution in [0.2, 0.25) is 0 Å². The zero-order valence-electron chi connectivity index (χ0n) is 11.5. The van der Waals surface area contributed by atoms with Crippen molar-refractivity contribution in [3.63, 3.8) is 0 Å². The fraction of sp³-hybridized carbons (Fsp3) is 0.286. The van der Waals surface area contributed by atoms with Gasteiger partial charge in [-0.05, 0) is 67.1 Å². The van der Waals surface area contributed by atoms with Crippen LogP contribution >= 0.6 is 38.5 Å². The van der Waals surface area contributed by atoms with Crippen molar-refractivity contribution in [1.82, 2.24) is 9.78 Å². The molecule has 6 heteroatoms. The number of rotatable bonds is 3. The normalized spacial score (nSPS) is 10.7. The molecular weight excluding hydrogens is 433 g/mol. The number of anilines is 1. The Morgan fingerprint density at radius 3 is 2.65 bits per heavy atom. The topological polar surface area (TPSA) is 46.9 Å². The summed E-state index contributed by atoms with van der Waals surface area (Å²) >= 11 is 5.66. The van der Waals surface area contributed by atoms with Gasteiger partial charge in [0.2, 0.25) is 5.91 Å². The van der Waals surface area contributed by atoms with Gasteiger partial charge >= 0.3 is 0 Å². The lowest BCUT2D eigenvalue weighted by atomic mass is 10.2. The number of hydrogen-bond acceptors (Lipinski definition) is 2. The van der Waals surface area contributed by atoms with E-state index in [2.05, 4.69) is 48.9 Å². The van der Waals surface area contributed by atoms with Crippen molar-refractivity contribution in [3.8, 4) is 0 Å². The van der Waals surface area contributed by atoms with Crippen molar-refractivity contribution in [2.45, 2.75) is 27.3 Å². The molecule has 1 heterocycles. The molecular formula is C14H15BrIN3O. The molecule has 1 aromatic heterocycles. The summed E-state index contributed by atoms with van der Waals surface area (Å²) in [7, 11) is 0. The number of hydrogen-bond donors (Lipinski definition) is 1. The Hall–Kier alpha value is -0.890. The van der Waals surface area contributed by atoms with E-state index in [1.807, 2.05) is 39.0 Å². The molecule has 1 aromatic carbocycles. The standard InChI is InChI=1S/C14H15BrIN3O/c1-8-6-11(15)4-5-12(8)17-13(20)7-19-10(3)14(16)9(2)18-19/h4-6H,7H2,1-3H3,(H,17,20). The van der Waals surface area contributed by atoms with Crippen LogP contribution in [-0.2, 0) is 11.3 Å². The summed E-state index contributed by atoms with van der Waals surface area (Å²) in [5, 5.41) is 7.29. The van der Waals surface area contributed by atoms with Crippen molar-refractivity contribution >= 4 is 50.1 Å². The predicted octanol–water partition coefficient (Wildman–Crippen LogP) is 3.81. The van der Waals surface area contributed by atoms with Crippen molar-refractivity contribution in [3.05, 3.63) is 43.2 Å². The lowest BCUT2D eigenvalue weighted by Gasteiger charge is -2.09. The molecule has 0 fully saturated rings. The highest BCUT2D eigenvalue weighted by Crippen LogP contribution is 2.20. The number of aromatic nitrogens is 2. The first kappa shape index (κ1) is 15.5. The molecule has 2 aromatic rings. The molecule has 20 heavy (non-hydrogen) atoms. The molecule has 2 rings (SSSR count). The number of amides is 1. The third kappa shape index (κ3) is 3.41. The quantitative estimate of drug-likeness (QED) is 0.727. The van der Waals surface area contributed by atoms with Crippen LogP contribution < -0.4 is 5.32 Å². The molecule has 1 N–H and O–H groups in total. The van der Waals surface area contributed by atoms with Crippen molar-refractivity contribution in [2.75, 3.05) is 5.32 Å². The summed E-state index contributed by atoms with van der Waals surface area (Å²) < 4.78 is 3.84. The molecule has 0 saturated heterocycles. The van der Waals surface area contributed by atoms with E-state index < -0.39 is 0 Å². The van der Waals surface area contributed by atoms with E-state index in [1.54, 1.807) is 4.68 Å². The molecule has 106 valence electrons. The second-order valence-corrected chi connectivity index (χ2v) is 6.64. The average Bonchev–Trinajstić information content (AvgIpc) is 2.61. The highest BCUT2D eigenvalue weighted by Gasteiger charge is 2.12. The van der Waals surface area contributed by atoms with E-state index in [1.165, 1.54) is 0 Å². The Morgan fingerprint density at radius 2 is 2.10 bits per heavy atom. The van der Waals surface area contributed by atoms with Gasteiger partial charge in [0.05, 0.1) is 9.26 Å². The Kier molecular flexibility index (Phi) is 4.85. The highest BCUT2D eigenvalue weighted by atomic mass is 127. The van der Waals surface area contributed by atoms with Gasteiger partial charge in [-0.25, -0.2) is 0 Å².